The standard InChI is InChI=1S/C13H13ClN2O3S/c1-7(2)12-15-11(16-19-12)6-20-8-3-4-10(14)9(5-8)13(17)18/h3-5,7H,6H2,1-2H3,(H,17,18). The van der Waals surface area contributed by atoms with Crippen LogP contribution in [-0.2, 0) is 5.75 Å². The van der Waals surface area contributed by atoms with Crippen molar-refractivity contribution < 1.29 is 14.4 Å². The molecule has 0 fully saturated rings. The van der Waals surface area contributed by atoms with E-state index in [4.69, 9.17) is 21.2 Å². The van der Waals surface area contributed by atoms with Gasteiger partial charge in [-0.15, -0.1) is 11.8 Å². The number of halogens is 1. The van der Waals surface area contributed by atoms with Crippen molar-refractivity contribution in [2.75, 3.05) is 0 Å². The summed E-state index contributed by atoms with van der Waals surface area (Å²) in [6.07, 6.45) is 0. The van der Waals surface area contributed by atoms with Crippen molar-refractivity contribution in [1.29, 1.82) is 0 Å². The van der Waals surface area contributed by atoms with Gasteiger partial charge in [0.25, 0.3) is 0 Å². The molecule has 0 radical (unpaired) electrons. The first-order valence-corrected chi connectivity index (χ1v) is 7.32. The molecule has 7 heteroatoms. The normalized spacial score (nSPS) is 11.0. The van der Waals surface area contributed by atoms with Gasteiger partial charge in [0.1, 0.15) is 0 Å². The van der Waals surface area contributed by atoms with E-state index < -0.39 is 5.97 Å². The van der Waals surface area contributed by atoms with E-state index in [1.807, 2.05) is 13.8 Å². The summed E-state index contributed by atoms with van der Waals surface area (Å²) in [4.78, 5) is 16.0. The summed E-state index contributed by atoms with van der Waals surface area (Å²) >= 11 is 7.25. The highest BCUT2D eigenvalue weighted by Crippen LogP contribution is 2.27. The fourth-order valence-corrected chi connectivity index (χ4v) is 2.44. The minimum Gasteiger partial charge on any atom is -0.478 e. The summed E-state index contributed by atoms with van der Waals surface area (Å²) in [5.74, 6) is 0.847. The first-order chi connectivity index (χ1) is 9.47. The van der Waals surface area contributed by atoms with Crippen LogP contribution in [0.5, 0.6) is 0 Å². The van der Waals surface area contributed by atoms with Crippen LogP contribution in [0.2, 0.25) is 5.02 Å². The van der Waals surface area contributed by atoms with Crippen LogP contribution < -0.4 is 0 Å². The van der Waals surface area contributed by atoms with Crippen molar-refractivity contribution in [2.45, 2.75) is 30.4 Å². The minimum atomic E-state index is -1.04. The Bertz CT molecular complexity index is 628. The lowest BCUT2D eigenvalue weighted by Crippen LogP contribution is -1.97. The van der Waals surface area contributed by atoms with Crippen LogP contribution in [0.3, 0.4) is 0 Å². The second-order valence-electron chi connectivity index (χ2n) is 4.44. The molecule has 1 aromatic heterocycles. The molecule has 0 amide bonds. The molecule has 0 aliphatic carbocycles. The maximum Gasteiger partial charge on any atom is 0.337 e. The lowest BCUT2D eigenvalue weighted by molar-refractivity contribution is 0.0697. The predicted molar refractivity (Wildman–Crippen MR) is 76.4 cm³/mol. The summed E-state index contributed by atoms with van der Waals surface area (Å²) in [6, 6.07) is 4.88. The zero-order valence-electron chi connectivity index (χ0n) is 11.0. The number of carboxylic acid groups (broad SMARTS) is 1. The average Bonchev–Trinajstić information content (AvgIpc) is 2.86. The fourth-order valence-electron chi connectivity index (χ4n) is 1.47. The van der Waals surface area contributed by atoms with Crippen LogP contribution in [-0.4, -0.2) is 21.2 Å². The molecule has 5 nitrogen and oxygen atoms in total. The maximum atomic E-state index is 11.0. The first-order valence-electron chi connectivity index (χ1n) is 5.95. The average molecular weight is 313 g/mol. The number of benzene rings is 1. The van der Waals surface area contributed by atoms with Gasteiger partial charge in [-0.2, -0.15) is 4.98 Å². The number of carboxylic acids is 1. The van der Waals surface area contributed by atoms with Crippen LogP contribution in [0.4, 0.5) is 0 Å². The Kier molecular flexibility index (Phi) is 4.67. The van der Waals surface area contributed by atoms with Gasteiger partial charge in [-0.05, 0) is 18.2 Å². The molecule has 0 aliphatic rings. The largest absolute Gasteiger partial charge is 0.478 e. The number of hydrogen-bond acceptors (Lipinski definition) is 5. The van der Waals surface area contributed by atoms with Crippen molar-refractivity contribution in [3.63, 3.8) is 0 Å². The van der Waals surface area contributed by atoms with Gasteiger partial charge in [0.15, 0.2) is 5.82 Å². The fraction of sp³-hybridized carbons (Fsp3) is 0.308. The van der Waals surface area contributed by atoms with Gasteiger partial charge < -0.3 is 9.63 Å². The highest BCUT2D eigenvalue weighted by Gasteiger charge is 2.12. The number of carbonyl (C=O) groups is 1. The van der Waals surface area contributed by atoms with Gasteiger partial charge >= 0.3 is 5.97 Å². The number of rotatable bonds is 5. The van der Waals surface area contributed by atoms with Gasteiger partial charge in [0, 0.05) is 10.8 Å². The van der Waals surface area contributed by atoms with Crippen LogP contribution >= 0.6 is 23.4 Å². The molecule has 0 saturated carbocycles. The third kappa shape index (κ3) is 3.52. The zero-order chi connectivity index (χ0) is 14.7. The van der Waals surface area contributed by atoms with E-state index in [9.17, 15) is 4.79 Å². The topological polar surface area (TPSA) is 76.2 Å². The van der Waals surface area contributed by atoms with E-state index >= 15 is 0 Å². The van der Waals surface area contributed by atoms with E-state index in [0.29, 0.717) is 17.5 Å². The van der Waals surface area contributed by atoms with Gasteiger partial charge in [-0.3, -0.25) is 0 Å². The van der Waals surface area contributed by atoms with Crippen LogP contribution in [0.15, 0.2) is 27.6 Å². The first kappa shape index (κ1) is 14.9. The molecule has 0 bridgehead atoms. The van der Waals surface area contributed by atoms with Gasteiger partial charge in [-0.25, -0.2) is 4.79 Å². The molecule has 1 N–H and O–H groups in total. The maximum absolute atomic E-state index is 11.0. The Labute approximate surface area is 125 Å². The van der Waals surface area contributed by atoms with E-state index in [-0.39, 0.29) is 16.5 Å². The summed E-state index contributed by atoms with van der Waals surface area (Å²) < 4.78 is 5.11. The molecule has 0 saturated heterocycles. The molecule has 0 atom stereocenters. The van der Waals surface area contributed by atoms with E-state index in [2.05, 4.69) is 10.1 Å². The highest BCUT2D eigenvalue weighted by atomic mass is 35.5. The van der Waals surface area contributed by atoms with E-state index in [1.165, 1.54) is 11.8 Å². The molecule has 106 valence electrons. The van der Waals surface area contributed by atoms with Gasteiger partial charge in [-0.1, -0.05) is 30.6 Å². The van der Waals surface area contributed by atoms with E-state index in [1.54, 1.807) is 18.2 Å². The molecular formula is C13H13ClN2O3S. The van der Waals surface area contributed by atoms with Crippen molar-refractivity contribution in [3.05, 3.63) is 40.5 Å². The second kappa shape index (κ2) is 6.28. The molecule has 0 unspecified atom stereocenters. The number of aromatic carboxylic acids is 1. The second-order valence-corrected chi connectivity index (χ2v) is 5.89. The van der Waals surface area contributed by atoms with Gasteiger partial charge in [0.2, 0.25) is 5.89 Å². The predicted octanol–water partition coefficient (Wildman–Crippen LogP) is 3.84. The third-order valence-electron chi connectivity index (χ3n) is 2.51. The summed E-state index contributed by atoms with van der Waals surface area (Å²) in [6.45, 7) is 3.95. The Hall–Kier alpha value is -1.53. The summed E-state index contributed by atoms with van der Waals surface area (Å²) in [7, 11) is 0. The van der Waals surface area contributed by atoms with Crippen molar-refractivity contribution in [3.8, 4) is 0 Å². The smallest absolute Gasteiger partial charge is 0.337 e. The summed E-state index contributed by atoms with van der Waals surface area (Å²) in [5, 5.41) is 13.1. The molecule has 0 spiro atoms. The van der Waals surface area contributed by atoms with Crippen molar-refractivity contribution in [1.82, 2.24) is 10.1 Å². The van der Waals surface area contributed by atoms with Crippen molar-refractivity contribution >= 4 is 29.3 Å². The van der Waals surface area contributed by atoms with Crippen LogP contribution in [0.25, 0.3) is 0 Å². The summed E-state index contributed by atoms with van der Waals surface area (Å²) in [5.41, 5.74) is 0.0904. The molecular weight excluding hydrogens is 300 g/mol. The lowest BCUT2D eigenvalue weighted by Gasteiger charge is -2.02. The van der Waals surface area contributed by atoms with Crippen LogP contribution in [0.1, 0.15) is 41.8 Å². The molecule has 20 heavy (non-hydrogen) atoms. The molecule has 0 aliphatic heterocycles. The zero-order valence-corrected chi connectivity index (χ0v) is 12.5. The number of hydrogen-bond donors (Lipinski definition) is 1. The Balaban J connectivity index is 2.06. The number of thioether (sulfide) groups is 1. The Morgan fingerprint density at radius 3 is 2.85 bits per heavy atom. The molecule has 1 aromatic carbocycles. The minimum absolute atomic E-state index is 0.0904. The lowest BCUT2D eigenvalue weighted by atomic mass is 10.2. The third-order valence-corrected chi connectivity index (χ3v) is 3.83. The quantitative estimate of drug-likeness (QED) is 0.845. The SMILES string of the molecule is CC(C)c1nc(CSc2ccc(Cl)c(C(=O)O)c2)no1. The molecule has 1 heterocycles. The molecule has 2 rings (SSSR count). The Morgan fingerprint density at radius 1 is 1.50 bits per heavy atom. The highest BCUT2D eigenvalue weighted by molar-refractivity contribution is 7.98. The van der Waals surface area contributed by atoms with E-state index in [0.717, 1.165) is 4.90 Å². The molecule has 2 aromatic rings. The monoisotopic (exact) mass is 312 g/mol. The van der Waals surface area contributed by atoms with Gasteiger partial charge in [0.05, 0.1) is 16.3 Å². The van der Waals surface area contributed by atoms with Crippen molar-refractivity contribution in [2.24, 2.45) is 0 Å². The number of aromatic nitrogens is 2. The number of nitrogens with zero attached hydrogens (tertiary/aromatic N) is 2. The van der Waals surface area contributed by atoms with Crippen LogP contribution in [0, 0.1) is 0 Å². The Morgan fingerprint density at radius 2 is 2.25 bits per heavy atom.